The molecule has 1 aliphatic heterocycles. The molecule has 1 saturated heterocycles. The number of amides is 2. The van der Waals surface area contributed by atoms with Crippen molar-refractivity contribution in [3.63, 3.8) is 0 Å². The Bertz CT molecular complexity index is 650. The van der Waals surface area contributed by atoms with Gasteiger partial charge in [-0.15, -0.1) is 0 Å². The maximum absolute atomic E-state index is 13.5. The number of halogens is 1. The normalized spacial score (nSPS) is 19.9. The zero-order chi connectivity index (χ0) is 18.0. The molecule has 0 atom stereocenters. The van der Waals surface area contributed by atoms with Crippen LogP contribution in [-0.4, -0.2) is 54.3 Å². The first kappa shape index (κ1) is 17.7. The van der Waals surface area contributed by atoms with Crippen LogP contribution >= 0.6 is 0 Å². The SMILES string of the molecule is CN(C)C(=O)C1(Nc2cccc(F)c2)CCN(C(=O)C2CCC2)CC1. The first-order valence-corrected chi connectivity index (χ1v) is 8.95. The number of carbonyl (C=O) groups excluding carboxylic acids is 2. The molecule has 0 spiro atoms. The second-order valence-electron chi connectivity index (χ2n) is 7.37. The fourth-order valence-corrected chi connectivity index (χ4v) is 3.69. The molecule has 1 N–H and O–H groups in total. The van der Waals surface area contributed by atoms with Crippen molar-refractivity contribution in [1.29, 1.82) is 0 Å². The standard InChI is InChI=1S/C19H26FN3O2/c1-22(2)18(25)19(21-16-8-4-7-15(20)13-16)9-11-23(12-10-19)17(24)14-5-3-6-14/h4,7-8,13-14,21H,3,5-6,9-12H2,1-2H3. The monoisotopic (exact) mass is 347 g/mol. The molecule has 1 aromatic carbocycles. The Balaban J connectivity index is 1.75. The molecule has 0 bridgehead atoms. The van der Waals surface area contributed by atoms with Gasteiger partial charge in [-0.05, 0) is 43.9 Å². The quantitative estimate of drug-likeness (QED) is 0.910. The summed E-state index contributed by atoms with van der Waals surface area (Å²) >= 11 is 0. The highest BCUT2D eigenvalue weighted by Gasteiger charge is 2.44. The Morgan fingerprint density at radius 3 is 2.44 bits per heavy atom. The number of nitrogens with zero attached hydrogens (tertiary/aromatic N) is 2. The van der Waals surface area contributed by atoms with Gasteiger partial charge in [0, 0.05) is 38.8 Å². The van der Waals surface area contributed by atoms with E-state index in [0.29, 0.717) is 31.6 Å². The number of hydrogen-bond acceptors (Lipinski definition) is 3. The van der Waals surface area contributed by atoms with Crippen LogP contribution in [0.3, 0.4) is 0 Å². The van der Waals surface area contributed by atoms with Gasteiger partial charge >= 0.3 is 0 Å². The van der Waals surface area contributed by atoms with Crippen molar-refractivity contribution in [3.05, 3.63) is 30.1 Å². The molecule has 25 heavy (non-hydrogen) atoms. The summed E-state index contributed by atoms with van der Waals surface area (Å²) in [5, 5.41) is 3.26. The summed E-state index contributed by atoms with van der Waals surface area (Å²) in [6.45, 7) is 1.11. The number of hydrogen-bond donors (Lipinski definition) is 1. The van der Waals surface area contributed by atoms with Gasteiger partial charge in [-0.25, -0.2) is 4.39 Å². The summed E-state index contributed by atoms with van der Waals surface area (Å²) in [6.07, 6.45) is 4.16. The largest absolute Gasteiger partial charge is 0.371 e. The Kier molecular flexibility index (Phi) is 4.97. The lowest BCUT2D eigenvalue weighted by atomic mass is 9.81. The lowest BCUT2D eigenvalue weighted by molar-refractivity contribution is -0.143. The third kappa shape index (κ3) is 3.62. The Labute approximate surface area is 148 Å². The fourth-order valence-electron chi connectivity index (χ4n) is 3.69. The van der Waals surface area contributed by atoms with Crippen LogP contribution in [0, 0.1) is 11.7 Å². The number of benzene rings is 1. The second-order valence-corrected chi connectivity index (χ2v) is 7.37. The lowest BCUT2D eigenvalue weighted by Gasteiger charge is -2.44. The van der Waals surface area contributed by atoms with Gasteiger partial charge in [0.25, 0.3) is 0 Å². The Morgan fingerprint density at radius 2 is 1.92 bits per heavy atom. The van der Waals surface area contributed by atoms with Crippen LogP contribution in [0.15, 0.2) is 24.3 Å². The molecule has 2 fully saturated rings. The molecule has 136 valence electrons. The zero-order valence-corrected chi connectivity index (χ0v) is 14.9. The summed E-state index contributed by atoms with van der Waals surface area (Å²) < 4.78 is 13.5. The van der Waals surface area contributed by atoms with Crippen LogP contribution in [0.4, 0.5) is 10.1 Å². The lowest BCUT2D eigenvalue weighted by Crippen LogP contribution is -2.59. The topological polar surface area (TPSA) is 52.7 Å². The van der Waals surface area contributed by atoms with Crippen LogP contribution in [-0.2, 0) is 9.59 Å². The maximum Gasteiger partial charge on any atom is 0.247 e. The summed E-state index contributed by atoms with van der Waals surface area (Å²) in [5.74, 6) is 0.0266. The van der Waals surface area contributed by atoms with Crippen LogP contribution in [0.25, 0.3) is 0 Å². The van der Waals surface area contributed by atoms with Crippen molar-refractivity contribution in [3.8, 4) is 0 Å². The highest BCUT2D eigenvalue weighted by atomic mass is 19.1. The minimum absolute atomic E-state index is 0.0347. The third-order valence-corrected chi connectivity index (χ3v) is 5.41. The summed E-state index contributed by atoms with van der Waals surface area (Å²) in [6, 6.07) is 6.17. The van der Waals surface area contributed by atoms with E-state index in [-0.39, 0.29) is 23.5 Å². The highest BCUT2D eigenvalue weighted by molar-refractivity contribution is 5.90. The van der Waals surface area contributed by atoms with E-state index in [0.717, 1.165) is 19.3 Å². The molecule has 2 amide bonds. The predicted molar refractivity (Wildman–Crippen MR) is 94.6 cm³/mol. The van der Waals surface area contributed by atoms with Gasteiger partial charge in [0.15, 0.2) is 0 Å². The molecule has 1 heterocycles. The average Bonchev–Trinajstić information content (AvgIpc) is 2.53. The second kappa shape index (κ2) is 7.02. The number of likely N-dealkylation sites (tertiary alicyclic amines) is 1. The van der Waals surface area contributed by atoms with Crippen molar-refractivity contribution in [2.24, 2.45) is 5.92 Å². The molecule has 1 saturated carbocycles. The van der Waals surface area contributed by atoms with Gasteiger partial charge in [-0.3, -0.25) is 9.59 Å². The van der Waals surface area contributed by atoms with Crippen molar-refractivity contribution in [2.45, 2.75) is 37.6 Å². The van der Waals surface area contributed by atoms with Crippen LogP contribution in [0.2, 0.25) is 0 Å². The van der Waals surface area contributed by atoms with Gasteiger partial charge < -0.3 is 15.1 Å². The van der Waals surface area contributed by atoms with E-state index >= 15 is 0 Å². The van der Waals surface area contributed by atoms with Gasteiger partial charge in [0.1, 0.15) is 11.4 Å². The van der Waals surface area contributed by atoms with Crippen molar-refractivity contribution in [2.75, 3.05) is 32.5 Å². The predicted octanol–water partition coefficient (Wildman–Crippen LogP) is 2.49. The average molecular weight is 347 g/mol. The number of carbonyl (C=O) groups is 2. The molecule has 5 nitrogen and oxygen atoms in total. The van der Waals surface area contributed by atoms with Crippen molar-refractivity contribution in [1.82, 2.24) is 9.80 Å². The van der Waals surface area contributed by atoms with E-state index in [1.54, 1.807) is 31.1 Å². The van der Waals surface area contributed by atoms with Crippen molar-refractivity contribution < 1.29 is 14.0 Å². The number of likely N-dealkylation sites (N-methyl/N-ethyl adjacent to an activating group) is 1. The maximum atomic E-state index is 13.5. The van der Waals surface area contributed by atoms with E-state index in [4.69, 9.17) is 0 Å². The smallest absolute Gasteiger partial charge is 0.247 e. The van der Waals surface area contributed by atoms with Crippen LogP contribution in [0.5, 0.6) is 0 Å². The summed E-state index contributed by atoms with van der Waals surface area (Å²) in [5.41, 5.74) is -0.206. The molecular formula is C19H26FN3O2. The van der Waals surface area contributed by atoms with E-state index in [2.05, 4.69) is 5.32 Å². The fraction of sp³-hybridized carbons (Fsp3) is 0.579. The van der Waals surface area contributed by atoms with Crippen LogP contribution in [0.1, 0.15) is 32.1 Å². The number of anilines is 1. The number of rotatable bonds is 4. The zero-order valence-electron chi connectivity index (χ0n) is 14.9. The molecule has 0 radical (unpaired) electrons. The van der Waals surface area contributed by atoms with E-state index in [1.165, 1.54) is 12.1 Å². The highest BCUT2D eigenvalue weighted by Crippen LogP contribution is 2.33. The molecule has 0 unspecified atom stereocenters. The minimum atomic E-state index is -0.798. The Morgan fingerprint density at radius 1 is 1.24 bits per heavy atom. The number of nitrogens with one attached hydrogen (secondary N) is 1. The first-order valence-electron chi connectivity index (χ1n) is 8.95. The van der Waals surface area contributed by atoms with Gasteiger partial charge in [0.05, 0.1) is 0 Å². The Hall–Kier alpha value is -2.11. The minimum Gasteiger partial charge on any atom is -0.371 e. The van der Waals surface area contributed by atoms with Gasteiger partial charge in [-0.1, -0.05) is 12.5 Å². The molecule has 1 aromatic rings. The van der Waals surface area contributed by atoms with E-state index in [1.807, 2.05) is 4.90 Å². The summed E-state index contributed by atoms with van der Waals surface area (Å²) in [7, 11) is 3.45. The third-order valence-electron chi connectivity index (χ3n) is 5.41. The number of piperidine rings is 1. The molecule has 6 heteroatoms. The molecular weight excluding hydrogens is 321 g/mol. The molecule has 3 rings (SSSR count). The van der Waals surface area contributed by atoms with E-state index < -0.39 is 5.54 Å². The molecule has 0 aromatic heterocycles. The molecule has 1 aliphatic carbocycles. The molecule has 2 aliphatic rings. The van der Waals surface area contributed by atoms with Crippen molar-refractivity contribution >= 4 is 17.5 Å². The summed E-state index contributed by atoms with van der Waals surface area (Å²) in [4.78, 5) is 28.8. The van der Waals surface area contributed by atoms with E-state index in [9.17, 15) is 14.0 Å². The van der Waals surface area contributed by atoms with Gasteiger partial charge in [-0.2, -0.15) is 0 Å². The first-order chi connectivity index (χ1) is 11.9. The van der Waals surface area contributed by atoms with Crippen LogP contribution < -0.4 is 5.32 Å². The van der Waals surface area contributed by atoms with Gasteiger partial charge in [0.2, 0.25) is 11.8 Å².